The van der Waals surface area contributed by atoms with Gasteiger partial charge in [-0.2, -0.15) is 5.10 Å². The minimum atomic E-state index is -0.0864. The average Bonchev–Trinajstić information content (AvgIpc) is 3.15. The summed E-state index contributed by atoms with van der Waals surface area (Å²) in [5.41, 5.74) is 4.68. The van der Waals surface area contributed by atoms with Crippen molar-refractivity contribution < 1.29 is 4.79 Å². The van der Waals surface area contributed by atoms with Gasteiger partial charge < -0.3 is 5.32 Å². The maximum Gasteiger partial charge on any atom is 0.221 e. The van der Waals surface area contributed by atoms with Gasteiger partial charge in [0.25, 0.3) is 0 Å². The van der Waals surface area contributed by atoms with Crippen LogP contribution in [0.3, 0.4) is 0 Å². The molecule has 7 heteroatoms. The van der Waals surface area contributed by atoms with E-state index in [1.165, 1.54) is 6.92 Å². The molecule has 1 N–H and O–H groups in total. The molecule has 1 amide bonds. The number of aromatic nitrogens is 5. The second-order valence-electron chi connectivity index (χ2n) is 6.30. The third-order valence-corrected chi connectivity index (χ3v) is 4.00. The molecule has 0 bridgehead atoms. The summed E-state index contributed by atoms with van der Waals surface area (Å²) in [6.07, 6.45) is 1.93. The Morgan fingerprint density at radius 3 is 2.56 bits per heavy atom. The van der Waals surface area contributed by atoms with Gasteiger partial charge in [0.2, 0.25) is 5.91 Å². The third-order valence-electron chi connectivity index (χ3n) is 4.00. The molecule has 25 heavy (non-hydrogen) atoms. The van der Waals surface area contributed by atoms with Gasteiger partial charge in [-0.25, -0.2) is 4.68 Å². The molecule has 0 fully saturated rings. The van der Waals surface area contributed by atoms with Crippen molar-refractivity contribution in [2.24, 2.45) is 0 Å². The van der Waals surface area contributed by atoms with Crippen LogP contribution in [-0.2, 0) is 11.3 Å². The van der Waals surface area contributed by atoms with Crippen LogP contribution in [0.1, 0.15) is 31.3 Å². The highest BCUT2D eigenvalue weighted by molar-refractivity contribution is 5.88. The zero-order chi connectivity index (χ0) is 18.0. The topological polar surface area (TPSA) is 77.6 Å². The van der Waals surface area contributed by atoms with Crippen LogP contribution in [0.2, 0.25) is 0 Å². The Morgan fingerprint density at radius 2 is 1.96 bits per heavy atom. The summed E-state index contributed by atoms with van der Waals surface area (Å²) in [6.45, 7) is 8.37. The monoisotopic (exact) mass is 338 g/mol. The smallest absolute Gasteiger partial charge is 0.221 e. The molecule has 0 saturated carbocycles. The number of carbonyl (C=O) groups excluding carboxylic acids is 1. The summed E-state index contributed by atoms with van der Waals surface area (Å²) in [6, 6.07) is 9.76. The molecule has 0 radical (unpaired) electrons. The lowest BCUT2D eigenvalue weighted by Crippen LogP contribution is -2.15. The maximum absolute atomic E-state index is 11.1. The van der Waals surface area contributed by atoms with Crippen molar-refractivity contribution in [1.82, 2.24) is 24.8 Å². The maximum atomic E-state index is 11.1. The molecule has 2 heterocycles. The molecule has 0 aliphatic carbocycles. The zero-order valence-electron chi connectivity index (χ0n) is 14.9. The molecule has 7 nitrogen and oxygen atoms in total. The van der Waals surface area contributed by atoms with E-state index in [0.717, 1.165) is 34.9 Å². The van der Waals surface area contributed by atoms with Gasteiger partial charge in [-0.3, -0.25) is 9.48 Å². The number of rotatable bonds is 5. The molecule has 3 aromatic rings. The van der Waals surface area contributed by atoms with Crippen molar-refractivity contribution in [3.63, 3.8) is 0 Å². The minimum absolute atomic E-state index is 0.0864. The highest BCUT2D eigenvalue weighted by Gasteiger charge is 2.12. The number of amides is 1. The SMILES string of the molecule is CC(=O)Nc1ccc(-c2cn([C@H](C)Cn3nc(C)cc3C)nn2)cc1. The number of aryl methyl sites for hydroxylation is 2. The fourth-order valence-corrected chi connectivity index (χ4v) is 2.75. The molecule has 0 aliphatic rings. The number of benzene rings is 1. The number of anilines is 1. The second kappa shape index (κ2) is 6.88. The molecule has 1 aromatic carbocycles. The van der Waals surface area contributed by atoms with Crippen molar-refractivity contribution in [2.45, 2.75) is 40.3 Å². The summed E-state index contributed by atoms with van der Waals surface area (Å²) in [5, 5.41) is 15.8. The predicted octanol–water partition coefficient (Wildman–Crippen LogP) is 2.98. The van der Waals surface area contributed by atoms with Gasteiger partial charge in [0, 0.05) is 23.9 Å². The normalized spacial score (nSPS) is 12.2. The van der Waals surface area contributed by atoms with E-state index in [-0.39, 0.29) is 11.9 Å². The third kappa shape index (κ3) is 3.93. The first-order chi connectivity index (χ1) is 11.9. The van der Waals surface area contributed by atoms with Gasteiger partial charge in [-0.05, 0) is 39.0 Å². The summed E-state index contributed by atoms with van der Waals surface area (Å²) in [7, 11) is 0. The molecule has 2 aromatic heterocycles. The average molecular weight is 338 g/mol. The number of hydrogen-bond donors (Lipinski definition) is 1. The van der Waals surface area contributed by atoms with Crippen LogP contribution >= 0.6 is 0 Å². The van der Waals surface area contributed by atoms with Gasteiger partial charge >= 0.3 is 0 Å². The second-order valence-corrected chi connectivity index (χ2v) is 6.30. The Morgan fingerprint density at radius 1 is 1.24 bits per heavy atom. The quantitative estimate of drug-likeness (QED) is 0.776. The van der Waals surface area contributed by atoms with Crippen molar-refractivity contribution in [3.8, 4) is 11.3 Å². The predicted molar refractivity (Wildman–Crippen MR) is 96.2 cm³/mol. The first kappa shape index (κ1) is 16.9. The van der Waals surface area contributed by atoms with Crippen molar-refractivity contribution in [1.29, 1.82) is 0 Å². The molecule has 0 saturated heterocycles. The van der Waals surface area contributed by atoms with Crippen molar-refractivity contribution in [3.05, 3.63) is 47.9 Å². The molecule has 0 spiro atoms. The van der Waals surface area contributed by atoms with Crippen LogP contribution in [0, 0.1) is 13.8 Å². The first-order valence-electron chi connectivity index (χ1n) is 8.23. The lowest BCUT2D eigenvalue weighted by molar-refractivity contribution is -0.114. The molecule has 0 aliphatic heterocycles. The van der Waals surface area contributed by atoms with Crippen LogP contribution in [0.15, 0.2) is 36.5 Å². The molecule has 1 atom stereocenters. The fraction of sp³-hybridized carbons (Fsp3) is 0.333. The lowest BCUT2D eigenvalue weighted by atomic mass is 10.1. The first-order valence-corrected chi connectivity index (χ1v) is 8.23. The van der Waals surface area contributed by atoms with Gasteiger partial charge in [0.15, 0.2) is 0 Å². The van der Waals surface area contributed by atoms with Crippen molar-refractivity contribution in [2.75, 3.05) is 5.32 Å². The Hall–Kier alpha value is -2.96. The molecule has 0 unspecified atom stereocenters. The van der Waals surface area contributed by atoms with Gasteiger partial charge in [0.05, 0.1) is 24.5 Å². The number of carbonyl (C=O) groups is 1. The van der Waals surface area contributed by atoms with E-state index in [2.05, 4.69) is 40.6 Å². The summed E-state index contributed by atoms with van der Waals surface area (Å²) in [4.78, 5) is 11.1. The summed E-state index contributed by atoms with van der Waals surface area (Å²) in [5.74, 6) is -0.0864. The number of nitrogens with one attached hydrogen (secondary N) is 1. The van der Waals surface area contributed by atoms with Crippen LogP contribution in [0.25, 0.3) is 11.3 Å². The molecular weight excluding hydrogens is 316 g/mol. The van der Waals surface area contributed by atoms with Crippen LogP contribution < -0.4 is 5.32 Å². The van der Waals surface area contributed by atoms with Crippen LogP contribution in [0.5, 0.6) is 0 Å². The summed E-state index contributed by atoms with van der Waals surface area (Å²) < 4.78 is 3.84. The Labute approximate surface area is 146 Å². The van der Waals surface area contributed by atoms with Gasteiger partial charge in [-0.15, -0.1) is 5.10 Å². The Bertz CT molecular complexity index is 877. The van der Waals surface area contributed by atoms with Gasteiger partial charge in [-0.1, -0.05) is 17.3 Å². The number of hydrogen-bond acceptors (Lipinski definition) is 4. The van der Waals surface area contributed by atoms with Crippen molar-refractivity contribution >= 4 is 11.6 Å². The highest BCUT2D eigenvalue weighted by Crippen LogP contribution is 2.20. The van der Waals surface area contributed by atoms with Crippen LogP contribution in [-0.4, -0.2) is 30.7 Å². The zero-order valence-corrected chi connectivity index (χ0v) is 14.9. The Kier molecular flexibility index (Phi) is 4.65. The summed E-state index contributed by atoms with van der Waals surface area (Å²) >= 11 is 0. The van der Waals surface area contributed by atoms with E-state index >= 15 is 0 Å². The fourth-order valence-electron chi connectivity index (χ4n) is 2.75. The Balaban J connectivity index is 1.73. The van der Waals surface area contributed by atoms with E-state index in [0.29, 0.717) is 0 Å². The minimum Gasteiger partial charge on any atom is -0.326 e. The van der Waals surface area contributed by atoms with Gasteiger partial charge in [0.1, 0.15) is 5.69 Å². The standard InChI is InChI=1S/C18H22N6O/c1-12-9-13(2)23(21-12)10-14(3)24-11-18(20-22-24)16-5-7-17(8-6-16)19-15(4)25/h5-9,11,14H,10H2,1-4H3,(H,19,25)/t14-/m1/s1. The highest BCUT2D eigenvalue weighted by atomic mass is 16.1. The van der Waals surface area contributed by atoms with E-state index in [4.69, 9.17) is 0 Å². The van der Waals surface area contributed by atoms with E-state index in [1.54, 1.807) is 0 Å². The van der Waals surface area contributed by atoms with E-state index in [1.807, 2.05) is 46.7 Å². The lowest BCUT2D eigenvalue weighted by Gasteiger charge is -2.12. The van der Waals surface area contributed by atoms with E-state index < -0.39 is 0 Å². The van der Waals surface area contributed by atoms with E-state index in [9.17, 15) is 4.79 Å². The molecular formula is C18H22N6O. The van der Waals surface area contributed by atoms with Crippen LogP contribution in [0.4, 0.5) is 5.69 Å². The number of nitrogens with zero attached hydrogens (tertiary/aromatic N) is 5. The largest absolute Gasteiger partial charge is 0.326 e. The molecule has 130 valence electrons. The molecule has 3 rings (SSSR count).